The van der Waals surface area contributed by atoms with Crippen LogP contribution in [0.15, 0.2) is 18.2 Å². The Kier molecular flexibility index (Phi) is 4.39. The van der Waals surface area contributed by atoms with Crippen LogP contribution >= 0.6 is 0 Å². The second-order valence-electron chi connectivity index (χ2n) is 5.33. The average molecular weight is 304 g/mol. The maximum absolute atomic E-state index is 13.6. The summed E-state index contributed by atoms with van der Waals surface area (Å²) >= 11 is 0. The van der Waals surface area contributed by atoms with Gasteiger partial charge in [-0.1, -0.05) is 6.07 Å². The monoisotopic (exact) mass is 304 g/mol. The summed E-state index contributed by atoms with van der Waals surface area (Å²) in [4.78, 5) is 13.2. The third-order valence-corrected chi connectivity index (χ3v) is 3.46. The lowest BCUT2D eigenvalue weighted by atomic mass is 10.1. The number of halogens is 4. The molecule has 1 aromatic rings. The van der Waals surface area contributed by atoms with E-state index < -0.39 is 30.4 Å². The van der Waals surface area contributed by atoms with Gasteiger partial charge in [0.1, 0.15) is 5.82 Å². The van der Waals surface area contributed by atoms with Crippen molar-refractivity contribution in [1.82, 2.24) is 4.90 Å². The van der Waals surface area contributed by atoms with Crippen molar-refractivity contribution >= 4 is 11.7 Å². The predicted molar refractivity (Wildman–Crippen MR) is 70.5 cm³/mol. The topological polar surface area (TPSA) is 32.3 Å². The molecule has 1 heterocycles. The SMILES string of the molecule is Cc1ccc(NC(=O)N2CC[C@@H](CC(F)(F)F)C2)c(F)c1. The number of benzene rings is 1. The van der Waals surface area contributed by atoms with Gasteiger partial charge in [-0.05, 0) is 37.0 Å². The highest BCUT2D eigenvalue weighted by atomic mass is 19.4. The third kappa shape index (κ3) is 4.34. The highest BCUT2D eigenvalue weighted by Gasteiger charge is 2.36. The Balaban J connectivity index is 1.93. The van der Waals surface area contributed by atoms with Gasteiger partial charge in [0.25, 0.3) is 0 Å². The van der Waals surface area contributed by atoms with Crippen LogP contribution in [0.3, 0.4) is 0 Å². The lowest BCUT2D eigenvalue weighted by Gasteiger charge is -2.18. The van der Waals surface area contributed by atoms with Crippen molar-refractivity contribution in [2.24, 2.45) is 5.92 Å². The molecule has 0 aliphatic carbocycles. The number of carbonyl (C=O) groups is 1. The summed E-state index contributed by atoms with van der Waals surface area (Å²) in [5.41, 5.74) is 0.752. The molecule has 0 radical (unpaired) electrons. The fourth-order valence-corrected chi connectivity index (χ4v) is 2.43. The van der Waals surface area contributed by atoms with E-state index in [1.54, 1.807) is 13.0 Å². The van der Waals surface area contributed by atoms with Crippen molar-refractivity contribution in [1.29, 1.82) is 0 Å². The molecule has 0 aromatic heterocycles. The van der Waals surface area contributed by atoms with Crippen LogP contribution in [0.1, 0.15) is 18.4 Å². The highest BCUT2D eigenvalue weighted by Crippen LogP contribution is 2.30. The van der Waals surface area contributed by atoms with Crippen molar-refractivity contribution < 1.29 is 22.4 Å². The van der Waals surface area contributed by atoms with Gasteiger partial charge in [-0.2, -0.15) is 13.2 Å². The average Bonchev–Trinajstić information content (AvgIpc) is 2.78. The molecule has 0 unspecified atom stereocenters. The van der Waals surface area contributed by atoms with Crippen molar-refractivity contribution in [2.45, 2.75) is 25.9 Å². The third-order valence-electron chi connectivity index (χ3n) is 3.46. The molecule has 1 N–H and O–H groups in total. The van der Waals surface area contributed by atoms with E-state index in [9.17, 15) is 22.4 Å². The Morgan fingerprint density at radius 1 is 1.43 bits per heavy atom. The Morgan fingerprint density at radius 3 is 2.76 bits per heavy atom. The molecular formula is C14H16F4N2O. The van der Waals surface area contributed by atoms with Crippen LogP contribution in [0.5, 0.6) is 0 Å². The number of amides is 2. The van der Waals surface area contributed by atoms with E-state index >= 15 is 0 Å². The van der Waals surface area contributed by atoms with Crippen LogP contribution in [0.4, 0.5) is 28.0 Å². The van der Waals surface area contributed by atoms with Gasteiger partial charge < -0.3 is 10.2 Å². The molecule has 0 bridgehead atoms. The van der Waals surface area contributed by atoms with Gasteiger partial charge in [0.05, 0.1) is 5.69 Å². The zero-order valence-corrected chi connectivity index (χ0v) is 11.5. The molecule has 1 saturated heterocycles. The first kappa shape index (κ1) is 15.6. The molecular weight excluding hydrogens is 288 g/mol. The number of hydrogen-bond donors (Lipinski definition) is 1. The summed E-state index contributed by atoms with van der Waals surface area (Å²) in [6, 6.07) is 3.80. The van der Waals surface area contributed by atoms with Crippen LogP contribution in [-0.4, -0.2) is 30.2 Å². The van der Waals surface area contributed by atoms with Gasteiger partial charge in [0.15, 0.2) is 0 Å². The number of alkyl halides is 3. The van der Waals surface area contributed by atoms with E-state index in [0.29, 0.717) is 6.42 Å². The normalized spacial score (nSPS) is 18.9. The summed E-state index contributed by atoms with van der Waals surface area (Å²) < 4.78 is 50.5. The van der Waals surface area contributed by atoms with Gasteiger partial charge in [0, 0.05) is 19.5 Å². The summed E-state index contributed by atoms with van der Waals surface area (Å²) in [6.45, 7) is 2.01. The van der Waals surface area contributed by atoms with Crippen LogP contribution in [0.25, 0.3) is 0 Å². The zero-order chi connectivity index (χ0) is 15.6. The van der Waals surface area contributed by atoms with Gasteiger partial charge in [0.2, 0.25) is 0 Å². The molecule has 116 valence electrons. The molecule has 7 heteroatoms. The first-order chi connectivity index (χ1) is 9.74. The fraction of sp³-hybridized carbons (Fsp3) is 0.500. The standard InChI is InChI=1S/C14H16F4N2O/c1-9-2-3-12(11(15)6-9)19-13(21)20-5-4-10(8-20)7-14(16,17)18/h2-3,6,10H,4-5,7-8H2,1H3,(H,19,21)/t10-/m0/s1. The summed E-state index contributed by atoms with van der Waals surface area (Å²) in [5, 5.41) is 2.39. The molecule has 1 fully saturated rings. The van der Waals surface area contributed by atoms with E-state index in [-0.39, 0.29) is 18.8 Å². The molecule has 1 aliphatic rings. The Morgan fingerprint density at radius 2 is 2.14 bits per heavy atom. The zero-order valence-electron chi connectivity index (χ0n) is 11.5. The molecule has 0 spiro atoms. The predicted octanol–water partition coefficient (Wildman–Crippen LogP) is 3.94. The fourth-order valence-electron chi connectivity index (χ4n) is 2.43. The van der Waals surface area contributed by atoms with E-state index in [1.165, 1.54) is 17.0 Å². The quantitative estimate of drug-likeness (QED) is 0.825. The largest absolute Gasteiger partial charge is 0.389 e. The van der Waals surface area contributed by atoms with E-state index in [1.807, 2.05) is 0 Å². The summed E-state index contributed by atoms with van der Waals surface area (Å²) in [7, 11) is 0. The number of likely N-dealkylation sites (tertiary alicyclic amines) is 1. The number of anilines is 1. The molecule has 1 aromatic carbocycles. The van der Waals surface area contributed by atoms with E-state index in [2.05, 4.69) is 5.32 Å². The molecule has 2 amide bonds. The first-order valence-corrected chi connectivity index (χ1v) is 6.63. The second-order valence-corrected chi connectivity index (χ2v) is 5.33. The Bertz CT molecular complexity index is 530. The Labute approximate surface area is 119 Å². The minimum absolute atomic E-state index is 0.0323. The molecule has 1 aliphatic heterocycles. The smallest absolute Gasteiger partial charge is 0.324 e. The van der Waals surface area contributed by atoms with E-state index in [4.69, 9.17) is 0 Å². The highest BCUT2D eigenvalue weighted by molar-refractivity contribution is 5.89. The maximum Gasteiger partial charge on any atom is 0.389 e. The molecule has 21 heavy (non-hydrogen) atoms. The number of nitrogens with one attached hydrogen (secondary N) is 1. The molecule has 2 rings (SSSR count). The van der Waals surface area contributed by atoms with Gasteiger partial charge in [-0.25, -0.2) is 9.18 Å². The van der Waals surface area contributed by atoms with Crippen LogP contribution in [0, 0.1) is 18.7 Å². The number of rotatable bonds is 2. The van der Waals surface area contributed by atoms with Crippen molar-refractivity contribution in [3.05, 3.63) is 29.6 Å². The second kappa shape index (κ2) is 5.91. The number of hydrogen-bond acceptors (Lipinski definition) is 1. The maximum atomic E-state index is 13.6. The number of nitrogens with zero attached hydrogens (tertiary/aromatic N) is 1. The molecule has 3 nitrogen and oxygen atoms in total. The minimum Gasteiger partial charge on any atom is -0.324 e. The lowest BCUT2D eigenvalue weighted by Crippen LogP contribution is -2.33. The first-order valence-electron chi connectivity index (χ1n) is 6.63. The molecule has 0 saturated carbocycles. The van der Waals surface area contributed by atoms with Crippen molar-refractivity contribution in [3.63, 3.8) is 0 Å². The van der Waals surface area contributed by atoms with Gasteiger partial charge >= 0.3 is 12.2 Å². The number of carbonyl (C=O) groups excluding carboxylic acids is 1. The minimum atomic E-state index is -4.22. The molecule has 1 atom stereocenters. The lowest BCUT2D eigenvalue weighted by molar-refractivity contribution is -0.143. The summed E-state index contributed by atoms with van der Waals surface area (Å²) in [6.07, 6.45) is -4.81. The number of aryl methyl sites for hydroxylation is 1. The number of urea groups is 1. The van der Waals surface area contributed by atoms with Crippen LogP contribution in [-0.2, 0) is 0 Å². The van der Waals surface area contributed by atoms with Gasteiger partial charge in [-0.3, -0.25) is 0 Å². The van der Waals surface area contributed by atoms with Crippen molar-refractivity contribution in [3.8, 4) is 0 Å². The van der Waals surface area contributed by atoms with Crippen LogP contribution < -0.4 is 5.32 Å². The Hall–Kier alpha value is -1.79. The van der Waals surface area contributed by atoms with Crippen LogP contribution in [0.2, 0.25) is 0 Å². The van der Waals surface area contributed by atoms with Crippen molar-refractivity contribution in [2.75, 3.05) is 18.4 Å². The van der Waals surface area contributed by atoms with Gasteiger partial charge in [-0.15, -0.1) is 0 Å². The van der Waals surface area contributed by atoms with E-state index in [0.717, 1.165) is 5.56 Å². The summed E-state index contributed by atoms with van der Waals surface area (Å²) in [5.74, 6) is -1.15.